The van der Waals surface area contributed by atoms with Crippen LogP contribution in [-0.2, 0) is 19.5 Å². The smallest absolute Gasteiger partial charge is 0.259 e. The number of rotatable bonds is 9. The number of phenols is 1. The van der Waals surface area contributed by atoms with Crippen LogP contribution < -0.4 is 9.47 Å². The maximum atomic E-state index is 13.6. The van der Waals surface area contributed by atoms with Gasteiger partial charge in [-0.1, -0.05) is 36.4 Å². The fourth-order valence-corrected chi connectivity index (χ4v) is 5.55. The number of benzene rings is 3. The van der Waals surface area contributed by atoms with Crippen LogP contribution in [0.25, 0.3) is 0 Å². The van der Waals surface area contributed by atoms with Crippen LogP contribution in [0.15, 0.2) is 66.7 Å². The molecule has 1 unspecified atom stereocenters. The number of aliphatic hydroxyl groups is 1. The first-order valence-electron chi connectivity index (χ1n) is 13.9. The van der Waals surface area contributed by atoms with Crippen molar-refractivity contribution in [3.8, 4) is 17.2 Å². The molecule has 1 saturated heterocycles. The molecule has 1 amide bonds. The van der Waals surface area contributed by atoms with Crippen molar-refractivity contribution in [2.24, 2.45) is 0 Å². The summed E-state index contributed by atoms with van der Waals surface area (Å²) in [6.45, 7) is 8.17. The average molecular weight is 546 g/mol. The lowest BCUT2D eigenvalue weighted by atomic mass is 9.93. The van der Waals surface area contributed by atoms with Gasteiger partial charge in [-0.3, -0.25) is 9.69 Å². The van der Waals surface area contributed by atoms with Crippen molar-refractivity contribution in [3.63, 3.8) is 0 Å². The number of aromatic hydroxyl groups is 1. The number of nitrogens with zero attached hydrogens (tertiary/aromatic N) is 3. The number of hydrogen-bond acceptors (Lipinski definition) is 7. The molecule has 0 aliphatic carbocycles. The minimum absolute atomic E-state index is 0.0470. The minimum atomic E-state index is -1.04. The molecule has 2 aliphatic rings. The third-order valence-corrected chi connectivity index (χ3v) is 8.24. The van der Waals surface area contributed by atoms with Gasteiger partial charge in [0, 0.05) is 50.4 Å². The highest BCUT2D eigenvalue weighted by atomic mass is 16.6. The summed E-state index contributed by atoms with van der Waals surface area (Å²) in [6.07, 6.45) is 0.735. The first kappa shape index (κ1) is 28.0. The van der Waals surface area contributed by atoms with E-state index in [1.165, 1.54) is 5.56 Å². The fourth-order valence-electron chi connectivity index (χ4n) is 5.55. The molecule has 212 valence electrons. The van der Waals surface area contributed by atoms with Gasteiger partial charge < -0.3 is 24.6 Å². The number of ether oxygens (including phenoxy) is 2. The normalized spacial score (nSPS) is 16.9. The Morgan fingerprint density at radius 2 is 1.73 bits per heavy atom. The number of methoxy groups -OCH3 is 1. The number of phenolic OH excluding ortho intramolecular Hbond substituents is 1. The van der Waals surface area contributed by atoms with Crippen LogP contribution in [0, 0.1) is 0 Å². The van der Waals surface area contributed by atoms with Crippen LogP contribution in [0.1, 0.15) is 47.3 Å². The highest BCUT2D eigenvalue weighted by Gasteiger charge is 2.35. The summed E-state index contributed by atoms with van der Waals surface area (Å²) in [4.78, 5) is 19.8. The molecule has 0 radical (unpaired) electrons. The third-order valence-electron chi connectivity index (χ3n) is 8.24. The maximum Gasteiger partial charge on any atom is 0.259 e. The van der Waals surface area contributed by atoms with E-state index >= 15 is 0 Å². The second-order valence-corrected chi connectivity index (χ2v) is 11.2. The Balaban J connectivity index is 1.19. The van der Waals surface area contributed by atoms with E-state index < -0.39 is 6.41 Å². The average Bonchev–Trinajstić information content (AvgIpc) is 3.43. The zero-order chi connectivity index (χ0) is 28.3. The van der Waals surface area contributed by atoms with Crippen molar-refractivity contribution >= 4 is 5.91 Å². The summed E-state index contributed by atoms with van der Waals surface area (Å²) >= 11 is 0. The van der Waals surface area contributed by atoms with Crippen molar-refractivity contribution in [2.45, 2.75) is 51.7 Å². The summed E-state index contributed by atoms with van der Waals surface area (Å²) < 4.78 is 10.9. The Kier molecular flexibility index (Phi) is 8.30. The SMILES string of the molecule is COc1cc(CCC(C)(C)N2Cc3cccc(C(=O)N4CCN(C(O)Oc5ccccc5)CC4)c3C2)ccc1O. The van der Waals surface area contributed by atoms with E-state index in [9.17, 15) is 15.0 Å². The maximum absolute atomic E-state index is 13.6. The molecule has 0 bridgehead atoms. The molecule has 1 fully saturated rings. The molecule has 8 nitrogen and oxygen atoms in total. The number of carbonyl (C=O) groups is 1. The van der Waals surface area contributed by atoms with Gasteiger partial charge in [0.2, 0.25) is 0 Å². The molecule has 0 saturated carbocycles. The summed E-state index contributed by atoms with van der Waals surface area (Å²) in [5, 5.41) is 20.4. The molecule has 8 heteroatoms. The van der Waals surface area contributed by atoms with E-state index in [1.54, 1.807) is 13.2 Å². The van der Waals surface area contributed by atoms with Crippen molar-refractivity contribution in [1.82, 2.24) is 14.7 Å². The van der Waals surface area contributed by atoms with Crippen LogP contribution in [0.2, 0.25) is 0 Å². The number of para-hydroxylation sites is 1. The Morgan fingerprint density at radius 3 is 2.45 bits per heavy atom. The standard InChI is InChI=1S/C32H39N3O5/c1-32(2,15-14-23-12-13-28(36)29(20-23)39-3)35-21-24-8-7-11-26(27(24)22-35)30(37)33-16-18-34(19-17-33)31(38)40-25-9-5-4-6-10-25/h4-13,20,31,36,38H,14-19,21-22H2,1-3H3. The Morgan fingerprint density at radius 1 is 0.975 bits per heavy atom. The minimum Gasteiger partial charge on any atom is -0.504 e. The first-order valence-corrected chi connectivity index (χ1v) is 13.9. The molecule has 0 aromatic heterocycles. The summed E-state index contributed by atoms with van der Waals surface area (Å²) in [5.41, 5.74) is 4.12. The topological polar surface area (TPSA) is 85.7 Å². The first-order chi connectivity index (χ1) is 19.2. The van der Waals surface area contributed by atoms with Gasteiger partial charge in [-0.2, -0.15) is 0 Å². The number of amides is 1. The van der Waals surface area contributed by atoms with Crippen LogP contribution in [0.4, 0.5) is 0 Å². The van der Waals surface area contributed by atoms with Gasteiger partial charge in [0.1, 0.15) is 5.75 Å². The van der Waals surface area contributed by atoms with E-state index in [0.29, 0.717) is 37.7 Å². The molecule has 3 aromatic rings. The lowest BCUT2D eigenvalue weighted by Gasteiger charge is -2.37. The van der Waals surface area contributed by atoms with Gasteiger partial charge in [0.05, 0.1) is 7.11 Å². The van der Waals surface area contributed by atoms with Gasteiger partial charge >= 0.3 is 0 Å². The van der Waals surface area contributed by atoms with E-state index in [2.05, 4.69) is 24.8 Å². The predicted octanol–water partition coefficient (Wildman–Crippen LogP) is 4.24. The van der Waals surface area contributed by atoms with E-state index in [0.717, 1.165) is 42.6 Å². The number of aryl methyl sites for hydroxylation is 1. The quantitative estimate of drug-likeness (QED) is 0.389. The largest absolute Gasteiger partial charge is 0.504 e. The van der Waals surface area contributed by atoms with Gasteiger partial charge in [0.25, 0.3) is 12.3 Å². The summed E-state index contributed by atoms with van der Waals surface area (Å²) in [5.74, 6) is 1.30. The number of fused-ring (bicyclic) bond motifs is 1. The Hall–Kier alpha value is -3.59. The van der Waals surface area contributed by atoms with Crippen molar-refractivity contribution in [3.05, 3.63) is 89.0 Å². The van der Waals surface area contributed by atoms with Crippen LogP contribution in [0.5, 0.6) is 17.2 Å². The zero-order valence-electron chi connectivity index (χ0n) is 23.5. The van der Waals surface area contributed by atoms with Crippen LogP contribution in [-0.4, -0.2) is 76.1 Å². The third kappa shape index (κ3) is 6.09. The molecule has 3 aromatic carbocycles. The molecule has 1 atom stereocenters. The van der Waals surface area contributed by atoms with E-state index in [1.807, 2.05) is 64.4 Å². The molecular weight excluding hydrogens is 506 g/mol. The predicted molar refractivity (Wildman–Crippen MR) is 153 cm³/mol. The second kappa shape index (κ2) is 11.9. The zero-order valence-corrected chi connectivity index (χ0v) is 23.5. The molecule has 40 heavy (non-hydrogen) atoms. The van der Waals surface area contributed by atoms with Crippen molar-refractivity contribution < 1.29 is 24.5 Å². The lowest BCUT2D eigenvalue weighted by molar-refractivity contribution is -0.144. The summed E-state index contributed by atoms with van der Waals surface area (Å²) in [6, 6.07) is 20.8. The number of aliphatic hydroxyl groups excluding tert-OH is 1. The number of carbonyl (C=O) groups excluding carboxylic acids is 1. The highest BCUT2D eigenvalue weighted by Crippen LogP contribution is 2.35. The van der Waals surface area contributed by atoms with Gasteiger partial charge in [-0.15, -0.1) is 0 Å². The molecule has 5 rings (SSSR count). The van der Waals surface area contributed by atoms with Crippen molar-refractivity contribution in [1.29, 1.82) is 0 Å². The number of hydrogen-bond donors (Lipinski definition) is 2. The second-order valence-electron chi connectivity index (χ2n) is 11.2. The van der Waals surface area contributed by atoms with Gasteiger partial charge in [-0.05, 0) is 73.7 Å². The fraction of sp³-hybridized carbons (Fsp3) is 0.406. The van der Waals surface area contributed by atoms with E-state index in [4.69, 9.17) is 9.47 Å². The Labute approximate surface area is 236 Å². The van der Waals surface area contributed by atoms with Crippen LogP contribution in [0.3, 0.4) is 0 Å². The molecule has 0 spiro atoms. The van der Waals surface area contributed by atoms with Gasteiger partial charge in [-0.25, -0.2) is 4.90 Å². The highest BCUT2D eigenvalue weighted by molar-refractivity contribution is 5.96. The molecule has 2 heterocycles. The Bertz CT molecular complexity index is 1320. The monoisotopic (exact) mass is 545 g/mol. The van der Waals surface area contributed by atoms with Crippen molar-refractivity contribution in [2.75, 3.05) is 33.3 Å². The molecule has 2 aliphatic heterocycles. The lowest BCUT2D eigenvalue weighted by Crippen LogP contribution is -2.53. The van der Waals surface area contributed by atoms with Crippen LogP contribution >= 0.6 is 0 Å². The van der Waals surface area contributed by atoms with E-state index in [-0.39, 0.29) is 17.2 Å². The summed E-state index contributed by atoms with van der Waals surface area (Å²) in [7, 11) is 1.56. The number of piperazine rings is 1. The molecular formula is C32H39N3O5. The van der Waals surface area contributed by atoms with Gasteiger partial charge in [0.15, 0.2) is 11.5 Å². The molecule has 2 N–H and O–H groups in total.